The summed E-state index contributed by atoms with van der Waals surface area (Å²) >= 11 is 0. The minimum Gasteiger partial charge on any atom is -0.469 e. The predicted molar refractivity (Wildman–Crippen MR) is 96.3 cm³/mol. The number of aryl methyl sites for hydroxylation is 1. The Labute approximate surface area is 150 Å². The highest BCUT2D eigenvalue weighted by molar-refractivity contribution is 5.95. The highest BCUT2D eigenvalue weighted by atomic mass is 16.5. The molecule has 0 bridgehead atoms. The van der Waals surface area contributed by atoms with Crippen LogP contribution in [0, 0.1) is 5.41 Å². The Morgan fingerprint density at radius 2 is 1.65 bits per heavy atom. The number of methoxy groups -OCH3 is 1. The molecule has 0 atom stereocenters. The fourth-order valence-electron chi connectivity index (χ4n) is 2.40. The first kappa shape index (κ1) is 17.3. The summed E-state index contributed by atoms with van der Waals surface area (Å²) in [4.78, 5) is 12.5. The molecule has 0 aliphatic rings. The van der Waals surface area contributed by atoms with Gasteiger partial charge in [-0.25, -0.2) is 0 Å². The number of benzene rings is 2. The number of nitrogens with one attached hydrogen (secondary N) is 1. The van der Waals surface area contributed by atoms with E-state index in [-0.39, 0.29) is 18.2 Å². The number of carbonyl (C=O) groups excluding carboxylic acids is 1. The van der Waals surface area contributed by atoms with E-state index in [4.69, 9.17) is 11.1 Å². The van der Waals surface area contributed by atoms with Gasteiger partial charge >= 0.3 is 5.97 Å². The van der Waals surface area contributed by atoms with Crippen LogP contribution in [0.25, 0.3) is 22.5 Å². The molecular weight excluding hydrogens is 332 g/mol. The van der Waals surface area contributed by atoms with Crippen molar-refractivity contribution in [3.05, 3.63) is 54.1 Å². The molecule has 3 aromatic rings. The molecule has 0 amide bonds. The van der Waals surface area contributed by atoms with E-state index in [0.717, 1.165) is 16.7 Å². The minimum absolute atomic E-state index is 0.0493. The molecule has 8 heteroatoms. The van der Waals surface area contributed by atoms with Gasteiger partial charge < -0.3 is 10.5 Å². The number of hydrogen-bond acceptors (Lipinski definition) is 6. The number of rotatable bonds is 6. The average molecular weight is 350 g/mol. The van der Waals surface area contributed by atoms with Gasteiger partial charge in [-0.05, 0) is 16.3 Å². The summed E-state index contributed by atoms with van der Waals surface area (Å²) in [5.74, 6) is 0.227. The number of nitrogens with two attached hydrogens (primary N) is 1. The molecule has 0 aliphatic heterocycles. The molecule has 1 heterocycles. The van der Waals surface area contributed by atoms with Crippen LogP contribution in [0.4, 0.5) is 0 Å². The monoisotopic (exact) mass is 350 g/mol. The second kappa shape index (κ2) is 7.56. The van der Waals surface area contributed by atoms with Gasteiger partial charge in [0.2, 0.25) is 5.82 Å². The van der Waals surface area contributed by atoms with Crippen LogP contribution < -0.4 is 5.73 Å². The van der Waals surface area contributed by atoms with Crippen molar-refractivity contribution < 1.29 is 9.53 Å². The Hall–Kier alpha value is -3.55. The third-order valence-corrected chi connectivity index (χ3v) is 3.87. The molecule has 3 rings (SSSR count). The van der Waals surface area contributed by atoms with E-state index in [1.165, 1.54) is 11.9 Å². The van der Waals surface area contributed by atoms with Crippen LogP contribution in [-0.2, 0) is 16.1 Å². The van der Waals surface area contributed by atoms with Crippen molar-refractivity contribution >= 4 is 11.8 Å². The van der Waals surface area contributed by atoms with Crippen LogP contribution in [0.3, 0.4) is 0 Å². The molecule has 8 nitrogen and oxygen atoms in total. The number of nitrogen functional groups attached to an aromatic ring is 1. The third-order valence-electron chi connectivity index (χ3n) is 3.87. The fourth-order valence-corrected chi connectivity index (χ4v) is 2.40. The molecule has 0 saturated heterocycles. The van der Waals surface area contributed by atoms with Gasteiger partial charge in [0.15, 0.2) is 0 Å². The number of ether oxygens (including phenoxy) is 1. The lowest BCUT2D eigenvalue weighted by Gasteiger charge is -2.04. The number of amidine groups is 1. The summed E-state index contributed by atoms with van der Waals surface area (Å²) < 4.78 is 4.59. The zero-order valence-electron chi connectivity index (χ0n) is 14.2. The fraction of sp³-hybridized carbons (Fsp3) is 0.167. The Morgan fingerprint density at radius 1 is 1.08 bits per heavy atom. The molecule has 0 fully saturated rings. The molecule has 132 valence electrons. The topological polar surface area (TPSA) is 120 Å². The zero-order valence-corrected chi connectivity index (χ0v) is 14.2. The Balaban J connectivity index is 1.72. The molecule has 26 heavy (non-hydrogen) atoms. The van der Waals surface area contributed by atoms with Crippen LogP contribution in [0.15, 0.2) is 48.5 Å². The van der Waals surface area contributed by atoms with Crippen LogP contribution in [0.1, 0.15) is 12.0 Å². The number of nitrogens with zero attached hydrogens (tertiary/aromatic N) is 4. The quantitative estimate of drug-likeness (QED) is 0.398. The molecular formula is C18H18N6O2. The molecule has 2 aromatic carbocycles. The summed E-state index contributed by atoms with van der Waals surface area (Å²) in [7, 11) is 1.34. The second-order valence-electron chi connectivity index (χ2n) is 5.60. The van der Waals surface area contributed by atoms with E-state index in [9.17, 15) is 4.79 Å². The third kappa shape index (κ3) is 3.92. The number of tetrazole rings is 1. The maximum atomic E-state index is 11.2. The standard InChI is InChI=1S/C18H18N6O2/c1-26-16(25)10-11-24-22-18(21-23-24)15-8-4-13(5-9-15)12-2-6-14(7-3-12)17(19)20/h2-9H,10-11H2,1H3,(H3,19,20). The first-order valence-electron chi connectivity index (χ1n) is 7.96. The van der Waals surface area contributed by atoms with Crippen LogP contribution in [-0.4, -0.2) is 39.1 Å². The molecule has 0 aliphatic carbocycles. The van der Waals surface area contributed by atoms with Crippen molar-refractivity contribution in [1.29, 1.82) is 5.41 Å². The number of hydrogen-bond donors (Lipinski definition) is 2. The Morgan fingerprint density at radius 3 is 2.23 bits per heavy atom. The van der Waals surface area contributed by atoms with E-state index in [1.807, 2.05) is 48.5 Å². The van der Waals surface area contributed by atoms with Gasteiger partial charge in [0, 0.05) is 11.1 Å². The van der Waals surface area contributed by atoms with Crippen molar-refractivity contribution in [3.8, 4) is 22.5 Å². The van der Waals surface area contributed by atoms with E-state index < -0.39 is 0 Å². The lowest BCUT2D eigenvalue weighted by molar-refractivity contribution is -0.140. The van der Waals surface area contributed by atoms with E-state index in [2.05, 4.69) is 20.1 Å². The minimum atomic E-state index is -0.316. The second-order valence-corrected chi connectivity index (χ2v) is 5.60. The number of aromatic nitrogens is 4. The largest absolute Gasteiger partial charge is 0.469 e. The highest BCUT2D eigenvalue weighted by Crippen LogP contribution is 2.23. The summed E-state index contributed by atoms with van der Waals surface area (Å²) in [5, 5.41) is 19.7. The number of carbonyl (C=O) groups is 1. The Kier molecular flexibility index (Phi) is 5.02. The van der Waals surface area contributed by atoms with Crippen LogP contribution >= 0.6 is 0 Å². The lowest BCUT2D eigenvalue weighted by Crippen LogP contribution is -2.10. The van der Waals surface area contributed by atoms with Crippen LogP contribution in [0.2, 0.25) is 0 Å². The molecule has 0 unspecified atom stereocenters. The maximum absolute atomic E-state index is 11.2. The first-order valence-corrected chi connectivity index (χ1v) is 7.96. The van der Waals surface area contributed by atoms with Crippen molar-refractivity contribution in [1.82, 2.24) is 20.2 Å². The zero-order chi connectivity index (χ0) is 18.5. The Bertz CT molecular complexity index is 916. The molecule has 1 aromatic heterocycles. The summed E-state index contributed by atoms with van der Waals surface area (Å²) in [6.07, 6.45) is 0.196. The highest BCUT2D eigenvalue weighted by Gasteiger charge is 2.08. The van der Waals surface area contributed by atoms with Gasteiger partial charge in [-0.15, -0.1) is 10.2 Å². The smallest absolute Gasteiger partial charge is 0.307 e. The summed E-state index contributed by atoms with van der Waals surface area (Å²) in [6, 6.07) is 15.2. The van der Waals surface area contributed by atoms with Crippen molar-refractivity contribution in [2.75, 3.05) is 7.11 Å². The van der Waals surface area contributed by atoms with Gasteiger partial charge in [-0.1, -0.05) is 48.5 Å². The van der Waals surface area contributed by atoms with E-state index >= 15 is 0 Å². The molecule has 0 radical (unpaired) electrons. The van der Waals surface area contributed by atoms with Crippen LogP contribution in [0.5, 0.6) is 0 Å². The van der Waals surface area contributed by atoms with Gasteiger partial charge in [0.05, 0.1) is 20.1 Å². The SMILES string of the molecule is COC(=O)CCn1nnc(-c2ccc(-c3ccc(C(=N)N)cc3)cc2)n1. The molecule has 0 spiro atoms. The maximum Gasteiger partial charge on any atom is 0.307 e. The average Bonchev–Trinajstić information content (AvgIpc) is 3.15. The van der Waals surface area contributed by atoms with Crippen molar-refractivity contribution in [2.24, 2.45) is 5.73 Å². The van der Waals surface area contributed by atoms with E-state index in [0.29, 0.717) is 17.9 Å². The molecule has 3 N–H and O–H groups in total. The lowest BCUT2D eigenvalue weighted by atomic mass is 10.0. The summed E-state index contributed by atoms with van der Waals surface area (Å²) in [6.45, 7) is 0.320. The normalized spacial score (nSPS) is 10.5. The summed E-state index contributed by atoms with van der Waals surface area (Å²) in [5.41, 5.74) is 9.05. The van der Waals surface area contributed by atoms with Crippen molar-refractivity contribution in [2.45, 2.75) is 13.0 Å². The predicted octanol–water partition coefficient (Wildman–Crippen LogP) is 1.85. The first-order chi connectivity index (χ1) is 12.6. The van der Waals surface area contributed by atoms with Gasteiger partial charge in [-0.2, -0.15) is 4.80 Å². The number of esters is 1. The van der Waals surface area contributed by atoms with Gasteiger partial charge in [0.25, 0.3) is 0 Å². The van der Waals surface area contributed by atoms with Gasteiger partial charge in [0.1, 0.15) is 5.84 Å². The molecule has 0 saturated carbocycles. The van der Waals surface area contributed by atoms with E-state index in [1.54, 1.807) is 0 Å². The van der Waals surface area contributed by atoms with Crippen molar-refractivity contribution in [3.63, 3.8) is 0 Å². The van der Waals surface area contributed by atoms with Gasteiger partial charge in [-0.3, -0.25) is 10.2 Å².